The number of nitrogens with one attached hydrogen (secondary N) is 1. The van der Waals surface area contributed by atoms with Crippen LogP contribution in [0.1, 0.15) is 37.4 Å². The van der Waals surface area contributed by atoms with E-state index in [1.807, 2.05) is 31.2 Å². The van der Waals surface area contributed by atoms with E-state index in [9.17, 15) is 9.90 Å². The van der Waals surface area contributed by atoms with E-state index in [1.54, 1.807) is 6.20 Å². The number of pyridine rings is 1. The zero-order valence-corrected chi connectivity index (χ0v) is 22.3. The molecule has 2 aliphatic carbocycles. The number of hydrogen-bond acceptors (Lipinski definition) is 7. The first kappa shape index (κ1) is 25.3. The van der Waals surface area contributed by atoms with Crippen LogP contribution in [0.5, 0.6) is 5.75 Å². The standard InChI is InChI=1S/C29H34ClN5O3/c1-16(36)15-35-10-8-21(9-11-35)38-20-6-4-17(5-7-20)23-13-24-28(33-23)27(22(30)14-32-24)34-26-19-3-2-18(12-19)25(26)29(31)37/h2-7,14,16,18-19,21,25-26,36H,8-13,15H2,1H3,(H2,31,37)(H,32,34)/t16?,18-,19+,25+,26-/m1/s1. The number of amides is 1. The minimum Gasteiger partial charge on any atom is -0.490 e. The van der Waals surface area contributed by atoms with Gasteiger partial charge in [0.15, 0.2) is 0 Å². The Morgan fingerprint density at radius 2 is 1.97 bits per heavy atom. The van der Waals surface area contributed by atoms with Gasteiger partial charge in [-0.2, -0.15) is 0 Å². The average molecular weight is 536 g/mol. The quantitative estimate of drug-likeness (QED) is 0.444. The van der Waals surface area contributed by atoms with Crippen LogP contribution in [-0.2, 0) is 11.2 Å². The molecule has 1 saturated heterocycles. The molecule has 2 fully saturated rings. The molecule has 3 heterocycles. The third-order valence-electron chi connectivity index (χ3n) is 8.31. The minimum atomic E-state index is -0.301. The predicted molar refractivity (Wildman–Crippen MR) is 148 cm³/mol. The fourth-order valence-electron chi connectivity index (χ4n) is 6.48. The topological polar surface area (TPSA) is 113 Å². The fourth-order valence-corrected chi connectivity index (χ4v) is 6.67. The number of hydrogen-bond donors (Lipinski definition) is 3. The maximum absolute atomic E-state index is 12.2. The summed E-state index contributed by atoms with van der Waals surface area (Å²) in [6.07, 6.45) is 9.27. The van der Waals surface area contributed by atoms with Gasteiger partial charge in [0.2, 0.25) is 5.91 Å². The maximum Gasteiger partial charge on any atom is 0.223 e. The summed E-state index contributed by atoms with van der Waals surface area (Å²) in [7, 11) is 0. The number of carbonyl (C=O) groups is 1. The van der Waals surface area contributed by atoms with E-state index in [2.05, 4.69) is 27.4 Å². The first-order valence-electron chi connectivity index (χ1n) is 13.5. The van der Waals surface area contributed by atoms with Crippen molar-refractivity contribution in [3.63, 3.8) is 0 Å². The minimum absolute atomic E-state index is 0.0962. The number of aliphatic hydroxyl groups excluding tert-OH is 1. The number of primary amides is 1. The molecule has 2 bridgehead atoms. The maximum atomic E-state index is 12.2. The number of carbonyl (C=O) groups excluding carboxylic acids is 1. The Hall–Kier alpha value is -2.94. The average Bonchev–Trinajstić information content (AvgIpc) is 3.62. The molecule has 1 aromatic carbocycles. The first-order chi connectivity index (χ1) is 18.4. The molecular formula is C29H34ClN5O3. The molecule has 0 radical (unpaired) electrons. The number of aliphatic hydroxyl groups is 1. The van der Waals surface area contributed by atoms with Gasteiger partial charge in [-0.1, -0.05) is 23.8 Å². The molecule has 1 unspecified atom stereocenters. The third-order valence-corrected chi connectivity index (χ3v) is 8.60. The van der Waals surface area contributed by atoms with Crippen LogP contribution in [0, 0.1) is 17.8 Å². The van der Waals surface area contributed by atoms with Crippen molar-refractivity contribution in [3.8, 4) is 5.75 Å². The van der Waals surface area contributed by atoms with Gasteiger partial charge in [-0.25, -0.2) is 4.99 Å². The second-order valence-electron chi connectivity index (χ2n) is 11.0. The van der Waals surface area contributed by atoms with Gasteiger partial charge in [-0.3, -0.25) is 9.78 Å². The molecule has 38 heavy (non-hydrogen) atoms. The molecule has 0 spiro atoms. The van der Waals surface area contributed by atoms with Gasteiger partial charge in [0.05, 0.1) is 34.1 Å². The Kier molecular flexibility index (Phi) is 6.88. The van der Waals surface area contributed by atoms with Crippen molar-refractivity contribution >= 4 is 34.6 Å². The number of halogens is 1. The molecule has 1 amide bonds. The Labute approximate surface area is 227 Å². The summed E-state index contributed by atoms with van der Waals surface area (Å²) >= 11 is 6.60. The van der Waals surface area contributed by atoms with Crippen molar-refractivity contribution in [1.29, 1.82) is 0 Å². The Morgan fingerprint density at radius 1 is 1.24 bits per heavy atom. The third kappa shape index (κ3) is 4.93. The van der Waals surface area contributed by atoms with Gasteiger partial charge in [-0.15, -0.1) is 0 Å². The molecule has 6 rings (SSSR count). The van der Waals surface area contributed by atoms with E-state index in [0.717, 1.165) is 66.4 Å². The number of likely N-dealkylation sites (tertiary alicyclic amines) is 1. The number of anilines is 1. The van der Waals surface area contributed by atoms with E-state index in [1.165, 1.54) is 0 Å². The van der Waals surface area contributed by atoms with Gasteiger partial charge < -0.3 is 25.8 Å². The number of ether oxygens (including phenoxy) is 1. The Balaban J connectivity index is 1.15. The van der Waals surface area contributed by atoms with Crippen LogP contribution >= 0.6 is 11.6 Å². The number of aromatic nitrogens is 1. The number of rotatable bonds is 8. The highest BCUT2D eigenvalue weighted by Gasteiger charge is 2.48. The molecule has 2 aromatic rings. The molecule has 5 atom stereocenters. The molecule has 4 N–H and O–H groups in total. The smallest absolute Gasteiger partial charge is 0.223 e. The molecular weight excluding hydrogens is 502 g/mol. The van der Waals surface area contributed by atoms with Gasteiger partial charge in [0.1, 0.15) is 17.5 Å². The highest BCUT2D eigenvalue weighted by Crippen LogP contribution is 2.47. The summed E-state index contributed by atoms with van der Waals surface area (Å²) in [4.78, 5) is 24.0. The number of nitrogens with zero attached hydrogens (tertiary/aromatic N) is 3. The fraction of sp³-hybridized carbons (Fsp3) is 0.483. The lowest BCUT2D eigenvalue weighted by Gasteiger charge is -2.32. The Bertz CT molecular complexity index is 1270. The summed E-state index contributed by atoms with van der Waals surface area (Å²) in [5.41, 5.74) is 10.0. The van der Waals surface area contributed by atoms with Crippen LogP contribution in [0.3, 0.4) is 0 Å². The summed E-state index contributed by atoms with van der Waals surface area (Å²) in [5.74, 6) is 0.746. The van der Waals surface area contributed by atoms with E-state index < -0.39 is 0 Å². The van der Waals surface area contributed by atoms with Crippen molar-refractivity contribution in [3.05, 3.63) is 58.9 Å². The molecule has 1 saturated carbocycles. The van der Waals surface area contributed by atoms with Gasteiger partial charge >= 0.3 is 0 Å². The monoisotopic (exact) mass is 535 g/mol. The van der Waals surface area contributed by atoms with Crippen molar-refractivity contribution in [2.24, 2.45) is 28.5 Å². The molecule has 8 nitrogen and oxygen atoms in total. The second kappa shape index (κ2) is 10.3. The van der Waals surface area contributed by atoms with Crippen LogP contribution in [0.4, 0.5) is 11.4 Å². The summed E-state index contributed by atoms with van der Waals surface area (Å²) < 4.78 is 6.24. The van der Waals surface area contributed by atoms with Crippen molar-refractivity contribution in [2.75, 3.05) is 25.0 Å². The molecule has 9 heteroatoms. The number of β-amino-alcohol motifs (C(OH)–C–C–N with tert-alkyl or cyclic N) is 1. The molecule has 2 aliphatic heterocycles. The van der Waals surface area contributed by atoms with Crippen LogP contribution in [0.25, 0.3) is 0 Å². The lowest BCUT2D eigenvalue weighted by molar-refractivity contribution is -0.122. The van der Waals surface area contributed by atoms with Gasteiger partial charge in [-0.05, 0) is 67.9 Å². The zero-order chi connectivity index (χ0) is 26.4. The predicted octanol–water partition coefficient (Wildman–Crippen LogP) is 3.72. The van der Waals surface area contributed by atoms with Crippen molar-refractivity contribution in [1.82, 2.24) is 9.88 Å². The van der Waals surface area contributed by atoms with E-state index >= 15 is 0 Å². The number of fused-ring (bicyclic) bond motifs is 3. The number of allylic oxidation sites excluding steroid dienone is 1. The van der Waals surface area contributed by atoms with E-state index in [0.29, 0.717) is 18.0 Å². The second-order valence-corrected chi connectivity index (χ2v) is 11.5. The first-order valence-corrected chi connectivity index (χ1v) is 13.9. The lowest BCUT2D eigenvalue weighted by atomic mass is 9.88. The largest absolute Gasteiger partial charge is 0.490 e. The van der Waals surface area contributed by atoms with E-state index in [4.69, 9.17) is 27.1 Å². The van der Waals surface area contributed by atoms with Crippen LogP contribution in [0.15, 0.2) is 47.6 Å². The summed E-state index contributed by atoms with van der Waals surface area (Å²) in [5, 5.41) is 13.6. The number of benzene rings is 1. The SMILES string of the molecule is CC(O)CN1CCC(Oc2ccc(C3=Nc4c(ncc(Cl)c4N[C@H]4[C@@H](C(N)=O)[C@@H]5C=C[C@H]4C5)C3)cc2)CC1. The lowest BCUT2D eigenvalue weighted by Crippen LogP contribution is -2.41. The highest BCUT2D eigenvalue weighted by atomic mass is 35.5. The van der Waals surface area contributed by atoms with Crippen LogP contribution in [0.2, 0.25) is 5.02 Å². The summed E-state index contributed by atoms with van der Waals surface area (Å²) in [6.45, 7) is 4.42. The van der Waals surface area contributed by atoms with E-state index in [-0.39, 0.29) is 41.9 Å². The van der Waals surface area contributed by atoms with Gasteiger partial charge in [0.25, 0.3) is 0 Å². The van der Waals surface area contributed by atoms with Crippen LogP contribution < -0.4 is 15.8 Å². The van der Waals surface area contributed by atoms with Crippen LogP contribution in [-0.4, -0.2) is 64.5 Å². The normalized spacial score (nSPS) is 27.3. The van der Waals surface area contributed by atoms with Crippen molar-refractivity contribution in [2.45, 2.75) is 50.9 Å². The highest BCUT2D eigenvalue weighted by molar-refractivity contribution is 6.34. The zero-order valence-electron chi connectivity index (χ0n) is 21.5. The number of aliphatic imine (C=N–C) groups is 1. The molecule has 1 aromatic heterocycles. The molecule has 200 valence electrons. The summed E-state index contributed by atoms with van der Waals surface area (Å²) in [6, 6.07) is 7.99. The molecule has 4 aliphatic rings. The number of piperidine rings is 1. The Morgan fingerprint density at radius 3 is 2.68 bits per heavy atom. The van der Waals surface area contributed by atoms with Gasteiger partial charge in [0, 0.05) is 38.3 Å². The number of nitrogens with two attached hydrogens (primary N) is 1. The van der Waals surface area contributed by atoms with Crippen molar-refractivity contribution < 1.29 is 14.6 Å².